The predicted molar refractivity (Wildman–Crippen MR) is 84.2 cm³/mol. The minimum Gasteiger partial charge on any atom is -0.508 e. The first-order valence-electron chi connectivity index (χ1n) is 5.97. The summed E-state index contributed by atoms with van der Waals surface area (Å²) in [7, 11) is 0. The number of halogens is 2. The quantitative estimate of drug-likeness (QED) is 0.753. The van der Waals surface area contributed by atoms with E-state index in [0.717, 1.165) is 0 Å². The molecule has 3 N–H and O–H groups in total. The number of nitrogens with one attached hydrogen (secondary N) is 2. The first-order valence-corrected chi connectivity index (χ1v) is 6.72. The average molecular weight is 323 g/mol. The fourth-order valence-corrected chi connectivity index (χ4v) is 2.02. The van der Waals surface area contributed by atoms with Crippen LogP contribution < -0.4 is 10.9 Å². The smallest absolute Gasteiger partial charge is 0.269 e. The number of carbonyl (C=O) groups is 1. The lowest BCUT2D eigenvalue weighted by Crippen LogP contribution is -2.35. The van der Waals surface area contributed by atoms with E-state index in [1.807, 2.05) is 0 Å². The van der Waals surface area contributed by atoms with E-state index in [2.05, 4.69) is 17.4 Å². The number of hydrazine groups is 1. The van der Waals surface area contributed by atoms with Crippen LogP contribution in [0.5, 0.6) is 5.75 Å². The minimum absolute atomic E-state index is 0.0922. The Morgan fingerprint density at radius 1 is 1.05 bits per heavy atom. The number of phenolic OH excluding ortho intramolecular Hbond substituents is 1. The third-order valence-electron chi connectivity index (χ3n) is 2.71. The lowest BCUT2D eigenvalue weighted by Gasteiger charge is -2.12. The Bertz CT molecular complexity index is 685. The summed E-state index contributed by atoms with van der Waals surface area (Å²) in [6.07, 6.45) is 0. The Labute approximate surface area is 132 Å². The Morgan fingerprint density at radius 3 is 2.38 bits per heavy atom. The predicted octanol–water partition coefficient (Wildman–Crippen LogP) is 3.60. The van der Waals surface area contributed by atoms with Gasteiger partial charge >= 0.3 is 0 Å². The highest BCUT2D eigenvalue weighted by Crippen LogP contribution is 2.24. The van der Waals surface area contributed by atoms with Gasteiger partial charge in [0.15, 0.2) is 0 Å². The molecule has 0 radical (unpaired) electrons. The number of rotatable bonds is 4. The van der Waals surface area contributed by atoms with Crippen LogP contribution in [0.4, 0.5) is 0 Å². The summed E-state index contributed by atoms with van der Waals surface area (Å²) in [6, 6.07) is 10.8. The molecule has 0 aliphatic heterocycles. The topological polar surface area (TPSA) is 61.4 Å². The van der Waals surface area contributed by atoms with Gasteiger partial charge in [0, 0.05) is 16.1 Å². The molecule has 0 unspecified atom stereocenters. The molecule has 4 nitrogen and oxygen atoms in total. The van der Waals surface area contributed by atoms with Gasteiger partial charge in [-0.05, 0) is 42.5 Å². The molecule has 1 amide bonds. The van der Waals surface area contributed by atoms with Gasteiger partial charge in [0.05, 0.1) is 10.7 Å². The number of amides is 1. The molecular formula is C15H12Cl2N2O2. The average Bonchev–Trinajstić information content (AvgIpc) is 2.47. The molecule has 0 spiro atoms. The zero-order chi connectivity index (χ0) is 15.4. The van der Waals surface area contributed by atoms with Gasteiger partial charge in [-0.15, -0.1) is 0 Å². The van der Waals surface area contributed by atoms with E-state index in [1.165, 1.54) is 24.3 Å². The number of carbonyl (C=O) groups excluding carboxylic acids is 1. The van der Waals surface area contributed by atoms with E-state index in [4.69, 9.17) is 23.2 Å². The summed E-state index contributed by atoms with van der Waals surface area (Å²) in [6.45, 7) is 3.80. The van der Waals surface area contributed by atoms with E-state index < -0.39 is 0 Å². The van der Waals surface area contributed by atoms with Gasteiger partial charge in [-0.3, -0.25) is 15.6 Å². The molecular weight excluding hydrogens is 311 g/mol. The number of phenols is 1. The normalized spacial score (nSPS) is 10.0. The van der Waals surface area contributed by atoms with E-state index in [0.29, 0.717) is 26.9 Å². The van der Waals surface area contributed by atoms with Crippen molar-refractivity contribution in [1.29, 1.82) is 0 Å². The van der Waals surface area contributed by atoms with Crippen LogP contribution in [0, 0.1) is 0 Å². The summed E-state index contributed by atoms with van der Waals surface area (Å²) in [5, 5.41) is 10.2. The molecule has 0 aliphatic rings. The molecule has 0 saturated heterocycles. The third kappa shape index (κ3) is 3.90. The Kier molecular flexibility index (Phi) is 4.73. The van der Waals surface area contributed by atoms with Crippen LogP contribution in [0.2, 0.25) is 10.0 Å². The van der Waals surface area contributed by atoms with Gasteiger partial charge in [-0.25, -0.2) is 0 Å². The second kappa shape index (κ2) is 6.52. The Balaban J connectivity index is 2.02. The third-order valence-corrected chi connectivity index (χ3v) is 3.27. The van der Waals surface area contributed by atoms with Gasteiger partial charge in [0.2, 0.25) is 0 Å². The van der Waals surface area contributed by atoms with Crippen molar-refractivity contribution in [3.05, 3.63) is 70.2 Å². The number of aromatic hydroxyl groups is 1. The van der Waals surface area contributed by atoms with Crippen molar-refractivity contribution in [2.45, 2.75) is 0 Å². The van der Waals surface area contributed by atoms with Crippen molar-refractivity contribution in [3.63, 3.8) is 0 Å². The van der Waals surface area contributed by atoms with Crippen molar-refractivity contribution in [3.8, 4) is 5.75 Å². The minimum atomic E-state index is -0.366. The van der Waals surface area contributed by atoms with Crippen LogP contribution in [0.15, 0.2) is 49.0 Å². The highest BCUT2D eigenvalue weighted by molar-refractivity contribution is 6.34. The van der Waals surface area contributed by atoms with Crippen molar-refractivity contribution in [1.82, 2.24) is 10.9 Å². The van der Waals surface area contributed by atoms with E-state index in [9.17, 15) is 9.90 Å². The van der Waals surface area contributed by atoms with Gasteiger partial charge in [-0.1, -0.05) is 29.8 Å². The maximum absolute atomic E-state index is 11.9. The second-order valence-corrected chi connectivity index (χ2v) is 5.07. The van der Waals surface area contributed by atoms with E-state index in [1.54, 1.807) is 18.2 Å². The molecule has 0 saturated carbocycles. The fraction of sp³-hybridized carbons (Fsp3) is 0. The van der Waals surface area contributed by atoms with Crippen LogP contribution in [0.1, 0.15) is 15.9 Å². The zero-order valence-electron chi connectivity index (χ0n) is 10.9. The second-order valence-electron chi connectivity index (χ2n) is 4.23. The monoisotopic (exact) mass is 322 g/mol. The molecule has 21 heavy (non-hydrogen) atoms. The van der Waals surface area contributed by atoms with E-state index in [-0.39, 0.29) is 11.7 Å². The molecule has 0 fully saturated rings. The number of hydrogen-bond donors (Lipinski definition) is 3. The van der Waals surface area contributed by atoms with Crippen molar-refractivity contribution in [2.75, 3.05) is 0 Å². The summed E-state index contributed by atoms with van der Waals surface area (Å²) >= 11 is 11.9. The molecule has 2 aromatic carbocycles. The van der Waals surface area contributed by atoms with Crippen molar-refractivity contribution in [2.24, 2.45) is 0 Å². The van der Waals surface area contributed by atoms with Gasteiger partial charge in [-0.2, -0.15) is 0 Å². The van der Waals surface area contributed by atoms with Gasteiger partial charge < -0.3 is 5.11 Å². The van der Waals surface area contributed by atoms with Crippen molar-refractivity contribution >= 4 is 34.8 Å². The first-order chi connectivity index (χ1) is 9.97. The molecule has 0 aromatic heterocycles. The SMILES string of the molecule is C=C(NNC(=O)c1ccc(O)cc1)c1cc(Cl)ccc1Cl. The zero-order valence-corrected chi connectivity index (χ0v) is 12.4. The molecule has 0 bridgehead atoms. The molecule has 0 atom stereocenters. The van der Waals surface area contributed by atoms with Gasteiger partial charge in [0.1, 0.15) is 5.75 Å². The van der Waals surface area contributed by atoms with Crippen LogP contribution in [0.25, 0.3) is 5.70 Å². The van der Waals surface area contributed by atoms with Crippen LogP contribution in [-0.4, -0.2) is 11.0 Å². The largest absolute Gasteiger partial charge is 0.508 e. The maximum Gasteiger partial charge on any atom is 0.269 e. The van der Waals surface area contributed by atoms with Gasteiger partial charge in [0.25, 0.3) is 5.91 Å². The van der Waals surface area contributed by atoms with E-state index >= 15 is 0 Å². The maximum atomic E-state index is 11.9. The molecule has 0 aliphatic carbocycles. The number of hydrogen-bond acceptors (Lipinski definition) is 3. The molecule has 108 valence electrons. The van der Waals surface area contributed by atoms with Crippen LogP contribution >= 0.6 is 23.2 Å². The molecule has 6 heteroatoms. The van der Waals surface area contributed by atoms with Crippen LogP contribution in [-0.2, 0) is 0 Å². The molecule has 2 rings (SSSR count). The summed E-state index contributed by atoms with van der Waals surface area (Å²) < 4.78 is 0. The molecule has 2 aromatic rings. The number of benzene rings is 2. The highest BCUT2D eigenvalue weighted by Gasteiger charge is 2.08. The lowest BCUT2D eigenvalue weighted by molar-refractivity contribution is 0.0942. The standard InChI is InChI=1S/C15H12Cl2N2O2/c1-9(13-8-11(16)4-7-14(13)17)18-19-15(21)10-2-5-12(20)6-3-10/h2-8,18,20H,1H2,(H,19,21). The summed E-state index contributed by atoms with van der Waals surface area (Å²) in [4.78, 5) is 11.9. The fourth-order valence-electron chi connectivity index (χ4n) is 1.61. The summed E-state index contributed by atoms with van der Waals surface area (Å²) in [5.41, 5.74) is 6.57. The van der Waals surface area contributed by atoms with Crippen molar-refractivity contribution < 1.29 is 9.90 Å². The first kappa shape index (κ1) is 15.2. The lowest BCUT2D eigenvalue weighted by atomic mass is 10.2. The van der Waals surface area contributed by atoms with Crippen LogP contribution in [0.3, 0.4) is 0 Å². The Morgan fingerprint density at radius 2 is 1.71 bits per heavy atom. The Hall–Kier alpha value is -2.17. The highest BCUT2D eigenvalue weighted by atomic mass is 35.5. The molecule has 0 heterocycles. The summed E-state index contributed by atoms with van der Waals surface area (Å²) in [5.74, 6) is -0.274.